The lowest BCUT2D eigenvalue weighted by Crippen LogP contribution is -2.05. The smallest absolute Gasteiger partial charge is 0.158 e. The minimum Gasteiger partial charge on any atom is -0.494 e. The first-order chi connectivity index (χ1) is 7.71. The zero-order valence-electron chi connectivity index (χ0n) is 9.56. The molecule has 0 heterocycles. The van der Waals surface area contributed by atoms with E-state index in [1.54, 1.807) is 0 Å². The highest BCUT2D eigenvalue weighted by atomic mass is 32.2. The molecule has 4 N–H and O–H groups in total. The second-order valence-corrected chi connectivity index (χ2v) is 3.91. The molecule has 1 aromatic rings. The highest BCUT2D eigenvalue weighted by Crippen LogP contribution is 2.24. The van der Waals surface area contributed by atoms with Crippen LogP contribution < -0.4 is 16.2 Å². The van der Waals surface area contributed by atoms with E-state index in [-0.39, 0.29) is 0 Å². The number of hydrogen-bond donors (Lipinski definition) is 2. The molecular formula is C11H17N3OS. The van der Waals surface area contributed by atoms with Crippen LogP contribution in [-0.4, -0.2) is 18.0 Å². The van der Waals surface area contributed by atoms with E-state index in [0.717, 1.165) is 17.0 Å². The van der Waals surface area contributed by atoms with Crippen LogP contribution in [0.25, 0.3) is 0 Å². The maximum Gasteiger partial charge on any atom is 0.158 e. The summed E-state index contributed by atoms with van der Waals surface area (Å²) in [7, 11) is 0. The van der Waals surface area contributed by atoms with Gasteiger partial charge in [0.25, 0.3) is 0 Å². The van der Waals surface area contributed by atoms with E-state index >= 15 is 0 Å². The zero-order chi connectivity index (χ0) is 12.0. The number of nitrogens with two attached hydrogens (primary N) is 2. The van der Waals surface area contributed by atoms with Crippen molar-refractivity contribution in [2.75, 3.05) is 12.9 Å². The first-order valence-electron chi connectivity index (χ1n) is 5.05. The number of amidine groups is 1. The lowest BCUT2D eigenvalue weighted by atomic mass is 10.2. The van der Waals surface area contributed by atoms with Crippen LogP contribution in [0.3, 0.4) is 0 Å². The molecule has 16 heavy (non-hydrogen) atoms. The number of rotatable bonds is 4. The van der Waals surface area contributed by atoms with Gasteiger partial charge in [-0.2, -0.15) is 0 Å². The van der Waals surface area contributed by atoms with Crippen molar-refractivity contribution in [2.45, 2.75) is 13.5 Å². The Bertz CT molecular complexity index is 379. The summed E-state index contributed by atoms with van der Waals surface area (Å²) in [5, 5.41) is 0.534. The molecule has 0 aliphatic heterocycles. The topological polar surface area (TPSA) is 73.6 Å². The van der Waals surface area contributed by atoms with Crippen molar-refractivity contribution >= 4 is 22.6 Å². The molecule has 0 aromatic heterocycles. The van der Waals surface area contributed by atoms with Crippen LogP contribution in [0.15, 0.2) is 23.2 Å². The van der Waals surface area contributed by atoms with Crippen molar-refractivity contribution in [3.63, 3.8) is 0 Å². The monoisotopic (exact) mass is 239 g/mol. The number of nitrogens with zero attached hydrogens (tertiary/aromatic N) is 1. The number of thioether (sulfide) groups is 1. The van der Waals surface area contributed by atoms with Crippen molar-refractivity contribution in [3.05, 3.63) is 23.8 Å². The predicted molar refractivity (Wildman–Crippen MR) is 70.3 cm³/mol. The Balaban J connectivity index is 2.99. The average Bonchev–Trinajstić information content (AvgIpc) is 2.31. The van der Waals surface area contributed by atoms with Gasteiger partial charge in [0, 0.05) is 12.1 Å². The molecule has 0 saturated heterocycles. The Morgan fingerprint density at radius 2 is 2.25 bits per heavy atom. The van der Waals surface area contributed by atoms with E-state index in [4.69, 9.17) is 16.2 Å². The molecular weight excluding hydrogens is 222 g/mol. The Labute approximate surface area is 100 Å². The van der Waals surface area contributed by atoms with Gasteiger partial charge in [0.2, 0.25) is 0 Å². The zero-order valence-corrected chi connectivity index (χ0v) is 10.4. The number of hydrogen-bond acceptors (Lipinski definition) is 4. The molecule has 0 saturated carbocycles. The van der Waals surface area contributed by atoms with E-state index < -0.39 is 0 Å². The van der Waals surface area contributed by atoms with E-state index in [2.05, 4.69) is 4.99 Å². The Morgan fingerprint density at radius 1 is 1.50 bits per heavy atom. The molecule has 0 spiro atoms. The molecule has 0 bridgehead atoms. The third-order valence-electron chi connectivity index (χ3n) is 2.01. The van der Waals surface area contributed by atoms with Crippen molar-refractivity contribution in [3.8, 4) is 5.75 Å². The largest absolute Gasteiger partial charge is 0.494 e. The van der Waals surface area contributed by atoms with E-state index in [0.29, 0.717) is 18.3 Å². The molecule has 88 valence electrons. The summed E-state index contributed by atoms with van der Waals surface area (Å²) in [6.07, 6.45) is 1.89. The quantitative estimate of drug-likeness (QED) is 0.621. The first-order valence-corrected chi connectivity index (χ1v) is 6.27. The molecule has 0 aliphatic rings. The minimum atomic E-state index is 0.428. The number of aliphatic imine (C=N–C) groups is 1. The fraction of sp³-hybridized carbons (Fsp3) is 0.364. The predicted octanol–water partition coefficient (Wildman–Crippen LogP) is 1.85. The van der Waals surface area contributed by atoms with Crippen LogP contribution >= 0.6 is 11.8 Å². The lowest BCUT2D eigenvalue weighted by Gasteiger charge is -2.09. The summed E-state index contributed by atoms with van der Waals surface area (Å²) in [4.78, 5) is 4.23. The maximum atomic E-state index is 5.65. The summed E-state index contributed by atoms with van der Waals surface area (Å²) in [5.74, 6) is 0.812. The molecule has 4 nitrogen and oxygen atoms in total. The van der Waals surface area contributed by atoms with Gasteiger partial charge in [-0.25, -0.2) is 4.99 Å². The summed E-state index contributed by atoms with van der Waals surface area (Å²) in [6, 6.07) is 5.64. The molecule has 1 rings (SSSR count). The lowest BCUT2D eigenvalue weighted by molar-refractivity contribution is 0.336. The Hall–Kier alpha value is -1.20. The molecule has 5 heteroatoms. The van der Waals surface area contributed by atoms with Gasteiger partial charge in [0.05, 0.1) is 12.3 Å². The fourth-order valence-corrected chi connectivity index (χ4v) is 1.46. The third kappa shape index (κ3) is 3.43. The Kier molecular flexibility index (Phi) is 5.14. The average molecular weight is 239 g/mol. The van der Waals surface area contributed by atoms with Gasteiger partial charge < -0.3 is 16.2 Å². The summed E-state index contributed by atoms with van der Waals surface area (Å²) in [5.41, 5.74) is 13.0. The van der Waals surface area contributed by atoms with E-state index in [1.807, 2.05) is 31.4 Å². The SMILES string of the molecule is CCOc1ccc(N=C(N)SC)cc1CN. The third-order valence-corrected chi connectivity index (χ3v) is 2.52. The Morgan fingerprint density at radius 3 is 2.81 bits per heavy atom. The number of ether oxygens (including phenoxy) is 1. The van der Waals surface area contributed by atoms with Gasteiger partial charge in [-0.15, -0.1) is 0 Å². The first kappa shape index (κ1) is 12.9. The minimum absolute atomic E-state index is 0.428. The van der Waals surface area contributed by atoms with Crippen molar-refractivity contribution in [2.24, 2.45) is 16.5 Å². The number of benzene rings is 1. The van der Waals surface area contributed by atoms with Crippen molar-refractivity contribution < 1.29 is 4.74 Å². The molecule has 0 radical (unpaired) electrons. The molecule has 1 aromatic carbocycles. The molecule has 0 aliphatic carbocycles. The molecule has 0 fully saturated rings. The van der Waals surface area contributed by atoms with Crippen LogP contribution in [-0.2, 0) is 6.54 Å². The molecule has 0 atom stereocenters. The van der Waals surface area contributed by atoms with Crippen molar-refractivity contribution in [1.82, 2.24) is 0 Å². The summed E-state index contributed by atoms with van der Waals surface area (Å²) < 4.78 is 5.45. The van der Waals surface area contributed by atoms with Gasteiger partial charge in [0.15, 0.2) is 5.17 Å². The molecule has 0 amide bonds. The summed E-state index contributed by atoms with van der Waals surface area (Å²) >= 11 is 1.41. The van der Waals surface area contributed by atoms with E-state index in [1.165, 1.54) is 11.8 Å². The highest BCUT2D eigenvalue weighted by molar-refractivity contribution is 8.13. The van der Waals surface area contributed by atoms with Gasteiger partial charge in [-0.1, -0.05) is 11.8 Å². The van der Waals surface area contributed by atoms with Gasteiger partial charge in [-0.05, 0) is 31.4 Å². The van der Waals surface area contributed by atoms with Gasteiger partial charge in [-0.3, -0.25) is 0 Å². The second-order valence-electron chi connectivity index (χ2n) is 3.08. The van der Waals surface area contributed by atoms with Crippen LogP contribution in [0.1, 0.15) is 12.5 Å². The normalized spacial score (nSPS) is 11.6. The van der Waals surface area contributed by atoms with E-state index in [9.17, 15) is 0 Å². The van der Waals surface area contributed by atoms with Crippen molar-refractivity contribution in [1.29, 1.82) is 0 Å². The summed E-state index contributed by atoms with van der Waals surface area (Å²) in [6.45, 7) is 3.00. The standard InChI is InChI=1S/C11H17N3OS/c1-3-15-10-5-4-9(6-8(10)7-12)14-11(13)16-2/h4-6H,3,7,12H2,1-2H3,(H2,13,14). The van der Waals surface area contributed by atoms with Crippen LogP contribution in [0.5, 0.6) is 5.75 Å². The fourth-order valence-electron chi connectivity index (χ4n) is 1.26. The maximum absolute atomic E-state index is 5.65. The molecule has 0 unspecified atom stereocenters. The van der Waals surface area contributed by atoms with Gasteiger partial charge >= 0.3 is 0 Å². The van der Waals surface area contributed by atoms with Crippen LogP contribution in [0, 0.1) is 0 Å². The highest BCUT2D eigenvalue weighted by Gasteiger charge is 2.03. The van der Waals surface area contributed by atoms with Gasteiger partial charge in [0.1, 0.15) is 5.75 Å². The van der Waals surface area contributed by atoms with Crippen LogP contribution in [0.2, 0.25) is 0 Å². The van der Waals surface area contributed by atoms with Crippen LogP contribution in [0.4, 0.5) is 5.69 Å². The second kappa shape index (κ2) is 6.40.